The minimum atomic E-state index is -0.405. The average Bonchev–Trinajstić information content (AvgIpc) is 3.07. The maximum Gasteiger partial charge on any atom is 0.293 e. The molecule has 0 spiro atoms. The van der Waals surface area contributed by atoms with Gasteiger partial charge in [0.1, 0.15) is 5.75 Å². The summed E-state index contributed by atoms with van der Waals surface area (Å²) >= 11 is 13.1. The predicted molar refractivity (Wildman–Crippen MR) is 140 cm³/mol. The van der Waals surface area contributed by atoms with Crippen molar-refractivity contribution in [3.8, 4) is 5.75 Å². The maximum atomic E-state index is 13.0. The molecule has 0 aliphatic carbocycles. The van der Waals surface area contributed by atoms with Gasteiger partial charge in [-0.05, 0) is 60.7 Å². The molecule has 3 aromatic rings. The smallest absolute Gasteiger partial charge is 0.293 e. The Morgan fingerprint density at radius 1 is 1.06 bits per heavy atom. The van der Waals surface area contributed by atoms with Crippen LogP contribution in [0.2, 0.25) is 10.0 Å². The molecular formula is C26H20Cl2N2O4S. The van der Waals surface area contributed by atoms with Gasteiger partial charge < -0.3 is 10.1 Å². The summed E-state index contributed by atoms with van der Waals surface area (Å²) in [5.74, 6) is -0.462. The van der Waals surface area contributed by atoms with Crippen molar-refractivity contribution in [1.29, 1.82) is 0 Å². The number of anilines is 1. The number of carbonyl (C=O) groups is 3. The van der Waals surface area contributed by atoms with Crippen LogP contribution in [-0.4, -0.2) is 28.6 Å². The summed E-state index contributed by atoms with van der Waals surface area (Å²) in [6.45, 7) is 1.85. The van der Waals surface area contributed by atoms with E-state index in [1.54, 1.807) is 48.5 Å². The van der Waals surface area contributed by atoms with Crippen molar-refractivity contribution in [1.82, 2.24) is 4.90 Å². The molecule has 0 atom stereocenters. The molecule has 0 saturated carbocycles. The Morgan fingerprint density at radius 2 is 1.86 bits per heavy atom. The van der Waals surface area contributed by atoms with Crippen LogP contribution < -0.4 is 10.1 Å². The lowest BCUT2D eigenvalue weighted by atomic mass is 10.1. The molecule has 3 amide bonds. The molecule has 0 unspecified atom stereocenters. The van der Waals surface area contributed by atoms with Crippen molar-refractivity contribution in [3.63, 3.8) is 0 Å². The molecule has 0 radical (unpaired) electrons. The molecule has 35 heavy (non-hydrogen) atoms. The minimum Gasteiger partial charge on any atom is -0.483 e. The number of nitrogens with zero attached hydrogens (tertiary/aromatic N) is 1. The van der Waals surface area contributed by atoms with E-state index in [4.69, 9.17) is 27.9 Å². The highest BCUT2D eigenvalue weighted by Gasteiger charge is 2.35. The van der Waals surface area contributed by atoms with E-state index in [9.17, 15) is 14.4 Å². The molecule has 3 aromatic carbocycles. The SMILES string of the molecule is Cc1cccc(CN2C(=O)S/C(=C\c3cc(Cl)ccc3OCC(=O)Nc3ccccc3Cl)C2=O)c1. The molecule has 1 aliphatic heterocycles. The second kappa shape index (κ2) is 11.0. The Hall–Kier alpha value is -3.26. The average molecular weight is 527 g/mol. The van der Waals surface area contributed by atoms with Gasteiger partial charge in [-0.1, -0.05) is 65.2 Å². The second-order valence-corrected chi connectivity index (χ2v) is 9.59. The minimum absolute atomic E-state index is 0.185. The number of rotatable bonds is 7. The third-order valence-electron chi connectivity index (χ3n) is 5.06. The van der Waals surface area contributed by atoms with Gasteiger partial charge in [-0.2, -0.15) is 0 Å². The first-order chi connectivity index (χ1) is 16.8. The fourth-order valence-corrected chi connectivity index (χ4v) is 4.62. The van der Waals surface area contributed by atoms with Gasteiger partial charge in [-0.3, -0.25) is 19.3 Å². The van der Waals surface area contributed by atoms with Gasteiger partial charge in [0.25, 0.3) is 17.1 Å². The van der Waals surface area contributed by atoms with E-state index >= 15 is 0 Å². The number of halogens is 2. The molecule has 0 bridgehead atoms. The summed E-state index contributed by atoms with van der Waals surface area (Å²) < 4.78 is 5.70. The summed E-state index contributed by atoms with van der Waals surface area (Å²) in [5.41, 5.74) is 2.86. The number of hydrogen-bond donors (Lipinski definition) is 1. The predicted octanol–water partition coefficient (Wildman–Crippen LogP) is 6.56. The van der Waals surface area contributed by atoms with Gasteiger partial charge >= 0.3 is 0 Å². The zero-order chi connectivity index (χ0) is 24.9. The number of hydrogen-bond acceptors (Lipinski definition) is 5. The van der Waals surface area contributed by atoms with Crippen LogP contribution in [0.15, 0.2) is 71.6 Å². The Balaban J connectivity index is 1.49. The number of ether oxygens (including phenoxy) is 1. The first-order valence-corrected chi connectivity index (χ1v) is 12.1. The highest BCUT2D eigenvalue weighted by Crippen LogP contribution is 2.35. The summed E-state index contributed by atoms with van der Waals surface area (Å²) in [5, 5.41) is 3.16. The fraction of sp³-hybridized carbons (Fsp3) is 0.115. The molecule has 1 N–H and O–H groups in total. The van der Waals surface area contributed by atoms with Crippen LogP contribution in [0, 0.1) is 6.92 Å². The lowest BCUT2D eigenvalue weighted by Crippen LogP contribution is -2.27. The van der Waals surface area contributed by atoms with Crippen molar-refractivity contribution in [3.05, 3.63) is 98.4 Å². The quantitative estimate of drug-likeness (QED) is 0.353. The molecule has 1 saturated heterocycles. The topological polar surface area (TPSA) is 75.7 Å². The zero-order valence-corrected chi connectivity index (χ0v) is 20.9. The molecule has 6 nitrogen and oxygen atoms in total. The van der Waals surface area contributed by atoms with Crippen molar-refractivity contribution >= 4 is 63.8 Å². The number of amides is 3. The van der Waals surface area contributed by atoms with E-state index in [-0.39, 0.29) is 23.3 Å². The number of benzene rings is 3. The van der Waals surface area contributed by atoms with Crippen LogP contribution in [-0.2, 0) is 16.1 Å². The lowest BCUT2D eigenvalue weighted by Gasteiger charge is -2.13. The number of carbonyl (C=O) groups excluding carboxylic acids is 3. The van der Waals surface area contributed by atoms with Crippen LogP contribution in [0.25, 0.3) is 6.08 Å². The summed E-state index contributed by atoms with van der Waals surface area (Å²) in [6.07, 6.45) is 1.55. The highest BCUT2D eigenvalue weighted by molar-refractivity contribution is 8.18. The van der Waals surface area contributed by atoms with Gasteiger partial charge in [0.2, 0.25) is 0 Å². The Bertz CT molecular complexity index is 1340. The molecule has 1 heterocycles. The zero-order valence-electron chi connectivity index (χ0n) is 18.6. The van der Waals surface area contributed by atoms with Gasteiger partial charge in [0.05, 0.1) is 22.2 Å². The van der Waals surface area contributed by atoms with E-state index in [2.05, 4.69) is 5.32 Å². The van der Waals surface area contributed by atoms with Crippen LogP contribution >= 0.6 is 35.0 Å². The van der Waals surface area contributed by atoms with Gasteiger partial charge in [0.15, 0.2) is 6.61 Å². The molecule has 4 rings (SSSR count). The van der Waals surface area contributed by atoms with Crippen molar-refractivity contribution < 1.29 is 19.1 Å². The van der Waals surface area contributed by atoms with Gasteiger partial charge in [0, 0.05) is 10.6 Å². The van der Waals surface area contributed by atoms with E-state index in [0.717, 1.165) is 22.9 Å². The standard InChI is InChI=1S/C26H20Cl2N2O4S/c1-16-5-4-6-17(11-16)14-30-25(32)23(35-26(30)33)13-18-12-19(27)9-10-22(18)34-15-24(31)29-21-8-3-2-7-20(21)28/h2-13H,14-15H2,1H3,(H,29,31)/b23-13-. The molecule has 9 heteroatoms. The van der Waals surface area contributed by atoms with Crippen LogP contribution in [0.5, 0.6) is 5.75 Å². The Labute approximate surface area is 216 Å². The molecule has 1 fully saturated rings. The lowest BCUT2D eigenvalue weighted by molar-refractivity contribution is -0.123. The van der Waals surface area contributed by atoms with Crippen molar-refractivity contribution in [2.24, 2.45) is 0 Å². The number of imide groups is 1. The highest BCUT2D eigenvalue weighted by atomic mass is 35.5. The van der Waals surface area contributed by atoms with Gasteiger partial charge in [-0.15, -0.1) is 0 Å². The first kappa shape index (κ1) is 24.9. The number of nitrogens with one attached hydrogen (secondary N) is 1. The third kappa shape index (κ3) is 6.25. The largest absolute Gasteiger partial charge is 0.483 e. The Morgan fingerprint density at radius 3 is 2.63 bits per heavy atom. The third-order valence-corrected chi connectivity index (χ3v) is 6.53. The van der Waals surface area contributed by atoms with Crippen LogP contribution in [0.4, 0.5) is 10.5 Å². The summed E-state index contributed by atoms with van der Waals surface area (Å²) in [7, 11) is 0. The number of para-hydroxylation sites is 1. The van der Waals surface area contributed by atoms with E-state index in [1.807, 2.05) is 31.2 Å². The van der Waals surface area contributed by atoms with Crippen LogP contribution in [0.1, 0.15) is 16.7 Å². The van der Waals surface area contributed by atoms with Crippen LogP contribution in [0.3, 0.4) is 0 Å². The van der Waals surface area contributed by atoms with E-state index < -0.39 is 11.8 Å². The number of thioether (sulfide) groups is 1. The first-order valence-electron chi connectivity index (χ1n) is 10.6. The summed E-state index contributed by atoms with van der Waals surface area (Å²) in [6, 6.07) is 19.3. The van der Waals surface area contributed by atoms with E-state index in [0.29, 0.717) is 27.0 Å². The second-order valence-electron chi connectivity index (χ2n) is 7.76. The van der Waals surface area contributed by atoms with Gasteiger partial charge in [-0.25, -0.2) is 0 Å². The molecule has 1 aliphatic rings. The maximum absolute atomic E-state index is 13.0. The monoisotopic (exact) mass is 526 g/mol. The fourth-order valence-electron chi connectivity index (χ4n) is 3.43. The Kier molecular flexibility index (Phi) is 7.80. The number of aryl methyl sites for hydroxylation is 1. The van der Waals surface area contributed by atoms with Crippen molar-refractivity contribution in [2.75, 3.05) is 11.9 Å². The van der Waals surface area contributed by atoms with E-state index in [1.165, 1.54) is 4.90 Å². The molecule has 0 aromatic heterocycles. The molecule has 178 valence electrons. The normalized spacial score (nSPS) is 14.5. The van der Waals surface area contributed by atoms with Crippen molar-refractivity contribution in [2.45, 2.75) is 13.5 Å². The summed E-state index contributed by atoms with van der Waals surface area (Å²) in [4.78, 5) is 39.3. The molecular weight excluding hydrogens is 507 g/mol.